The molecule has 4 rings (SSSR count). The van der Waals surface area contributed by atoms with Gasteiger partial charge in [0.2, 0.25) is 0 Å². The van der Waals surface area contributed by atoms with Gasteiger partial charge in [0.05, 0.1) is 12.7 Å². The van der Waals surface area contributed by atoms with E-state index in [-0.39, 0.29) is 35.6 Å². The Hall–Kier alpha value is -6.22. The van der Waals surface area contributed by atoms with Crippen LogP contribution >= 0.6 is 0 Å². The monoisotopic (exact) mass is 730 g/mol. The number of hydrogen-bond donors (Lipinski definition) is 0. The number of methoxy groups -OCH3 is 1. The Balaban J connectivity index is -0.00000126. The third-order valence-corrected chi connectivity index (χ3v) is 5.51. The van der Waals surface area contributed by atoms with E-state index in [1.165, 1.54) is 47.6 Å². The quantitative estimate of drug-likeness (QED) is 0.0961. The summed E-state index contributed by atoms with van der Waals surface area (Å²) < 4.78 is 44.9. The average Bonchev–Trinajstić information content (AvgIpc) is 3.16. The Bertz CT molecular complexity index is 1660. The molecule has 284 valence electrons. The van der Waals surface area contributed by atoms with Gasteiger partial charge < -0.3 is 23.8 Å². The van der Waals surface area contributed by atoms with Crippen molar-refractivity contribution in [2.45, 2.75) is 48.5 Å². The Morgan fingerprint density at radius 2 is 1.00 bits per heavy atom. The van der Waals surface area contributed by atoms with Crippen LogP contribution in [0.2, 0.25) is 0 Å². The maximum absolute atomic E-state index is 15.1. The Labute approximate surface area is 313 Å². The van der Waals surface area contributed by atoms with Crippen molar-refractivity contribution in [1.82, 2.24) is 0 Å². The first-order valence-electron chi connectivity index (χ1n) is 16.1. The van der Waals surface area contributed by atoms with E-state index in [2.05, 4.69) is 19.7 Å². The van der Waals surface area contributed by atoms with Crippen LogP contribution in [0.3, 0.4) is 0 Å². The molecule has 0 unspecified atom stereocenters. The molecule has 0 amide bonds. The van der Waals surface area contributed by atoms with Gasteiger partial charge >= 0.3 is 0 Å². The number of halogens is 2. The summed E-state index contributed by atoms with van der Waals surface area (Å²) in [4.78, 5) is 37.5. The van der Waals surface area contributed by atoms with E-state index in [9.17, 15) is 14.0 Å². The summed E-state index contributed by atoms with van der Waals surface area (Å²) in [5.41, 5.74) is 5.05. The highest BCUT2D eigenvalue weighted by molar-refractivity contribution is 5.78. The third kappa shape index (κ3) is 20.9. The number of benzene rings is 4. The van der Waals surface area contributed by atoms with Crippen LogP contribution in [0, 0.1) is 11.6 Å². The molecule has 7 nitrogen and oxygen atoms in total. The number of allylic oxidation sites excluding steroid dienone is 3. The molecule has 9 heteroatoms. The van der Waals surface area contributed by atoms with E-state index in [4.69, 9.17) is 23.8 Å². The third-order valence-electron chi connectivity index (χ3n) is 5.51. The van der Waals surface area contributed by atoms with Crippen LogP contribution in [0.5, 0.6) is 17.2 Å². The Morgan fingerprint density at radius 3 is 1.40 bits per heavy atom. The second kappa shape index (κ2) is 31.7. The molecule has 0 aliphatic heterocycles. The van der Waals surface area contributed by atoms with Gasteiger partial charge in [-0.2, -0.15) is 0 Å². The zero-order valence-electron chi connectivity index (χ0n) is 32.0. The fourth-order valence-corrected chi connectivity index (χ4v) is 3.65. The maximum Gasteiger partial charge on any atom is 0.298 e. The number of carbonyl (C=O) groups excluding carboxylic acids is 4. The minimum Gasteiger partial charge on any atom is -0.497 e. The molecule has 0 aliphatic rings. The van der Waals surface area contributed by atoms with Crippen molar-refractivity contribution >= 4 is 38.7 Å². The molecular formula is C44H52F2O7. The van der Waals surface area contributed by atoms with Crippen molar-refractivity contribution in [2.24, 2.45) is 0 Å². The van der Waals surface area contributed by atoms with Gasteiger partial charge in [0, 0.05) is 5.56 Å². The van der Waals surface area contributed by atoms with Crippen molar-refractivity contribution in [3.63, 3.8) is 0 Å². The Morgan fingerprint density at radius 1 is 0.623 bits per heavy atom. The van der Waals surface area contributed by atoms with Crippen LogP contribution < -0.4 is 14.2 Å². The summed E-state index contributed by atoms with van der Waals surface area (Å²) >= 11 is 0. The van der Waals surface area contributed by atoms with E-state index in [0.717, 1.165) is 22.4 Å². The molecule has 0 heterocycles. The highest BCUT2D eigenvalue weighted by atomic mass is 19.2. The van der Waals surface area contributed by atoms with Crippen molar-refractivity contribution < 1.29 is 42.2 Å². The summed E-state index contributed by atoms with van der Waals surface area (Å²) in [6.45, 7) is 28.7. The van der Waals surface area contributed by atoms with E-state index < -0.39 is 11.6 Å². The molecule has 0 saturated carbocycles. The fourth-order valence-electron chi connectivity index (χ4n) is 3.65. The van der Waals surface area contributed by atoms with Gasteiger partial charge in [-0.3, -0.25) is 9.59 Å². The lowest BCUT2D eigenvalue weighted by molar-refractivity contribution is -0.121. The second-order valence-electron chi connectivity index (χ2n) is 10.4. The molecule has 0 saturated heterocycles. The van der Waals surface area contributed by atoms with Crippen LogP contribution in [-0.4, -0.2) is 33.6 Å². The standard InChI is InChI=1S/C29H20F2O5.2C4H8.C3H6.C2H6.2CH2O/c1-34-23-11-7-21(8-12-23)20-5-2-19(3-6-20)4-15-25-27(36-18-33)16-26(29(31)28(25)30)22-9-13-24(14-10-22)35-17-32;2*1-4(2)3;1-3-2;3*1-2/h2-18H,1H3;2*1H2,2-3H3;3H,1H2,2H3;1-2H3;2*1H2/b15-4+;;;;;;. The van der Waals surface area contributed by atoms with Crippen molar-refractivity contribution in [2.75, 3.05) is 7.11 Å². The molecule has 0 aromatic heterocycles. The van der Waals surface area contributed by atoms with Crippen molar-refractivity contribution in [3.05, 3.63) is 139 Å². The van der Waals surface area contributed by atoms with Crippen LogP contribution in [0.25, 0.3) is 34.4 Å². The van der Waals surface area contributed by atoms with Gasteiger partial charge in [0.1, 0.15) is 30.8 Å². The smallest absolute Gasteiger partial charge is 0.298 e. The molecule has 0 radical (unpaired) electrons. The molecule has 0 N–H and O–H groups in total. The highest BCUT2D eigenvalue weighted by Crippen LogP contribution is 2.35. The summed E-state index contributed by atoms with van der Waals surface area (Å²) in [5.74, 6) is -1.40. The number of rotatable bonds is 9. The van der Waals surface area contributed by atoms with Crippen LogP contribution in [0.1, 0.15) is 59.6 Å². The molecule has 4 aromatic carbocycles. The van der Waals surface area contributed by atoms with Crippen LogP contribution in [-0.2, 0) is 19.2 Å². The second-order valence-corrected chi connectivity index (χ2v) is 10.4. The summed E-state index contributed by atoms with van der Waals surface area (Å²) in [6.07, 6.45) is 4.70. The molecule has 0 spiro atoms. The van der Waals surface area contributed by atoms with Gasteiger partial charge in [0.25, 0.3) is 12.9 Å². The normalized spacial score (nSPS) is 8.79. The lowest BCUT2D eigenvalue weighted by Crippen LogP contribution is -2.00. The molecule has 53 heavy (non-hydrogen) atoms. The predicted octanol–water partition coefficient (Wildman–Crippen LogP) is 11.6. The first-order chi connectivity index (χ1) is 25.4. The lowest BCUT2D eigenvalue weighted by Gasteiger charge is -2.11. The van der Waals surface area contributed by atoms with Gasteiger partial charge in [-0.25, -0.2) is 8.78 Å². The van der Waals surface area contributed by atoms with Crippen LogP contribution in [0.15, 0.2) is 116 Å². The zero-order chi connectivity index (χ0) is 41.4. The van der Waals surface area contributed by atoms with E-state index in [0.29, 0.717) is 5.56 Å². The van der Waals surface area contributed by atoms with E-state index in [1.807, 2.05) is 111 Å². The van der Waals surface area contributed by atoms with Gasteiger partial charge in [-0.15, -0.1) is 19.7 Å². The highest BCUT2D eigenvalue weighted by Gasteiger charge is 2.19. The minimum atomic E-state index is -1.16. The topological polar surface area (TPSA) is 96.0 Å². The van der Waals surface area contributed by atoms with E-state index in [1.54, 1.807) is 19.3 Å². The summed E-state index contributed by atoms with van der Waals surface area (Å²) in [7, 11) is 1.60. The molecule has 0 bridgehead atoms. The molecule has 4 aromatic rings. The first-order valence-corrected chi connectivity index (χ1v) is 16.1. The first kappa shape index (κ1) is 51.2. The zero-order valence-corrected chi connectivity index (χ0v) is 32.0. The molecule has 0 atom stereocenters. The molecular weight excluding hydrogens is 678 g/mol. The summed E-state index contributed by atoms with van der Waals surface area (Å²) in [6, 6.07) is 22.1. The molecule has 0 fully saturated rings. The number of ether oxygens (including phenoxy) is 3. The largest absolute Gasteiger partial charge is 0.497 e. The number of hydrogen-bond acceptors (Lipinski definition) is 7. The molecule has 0 aliphatic carbocycles. The van der Waals surface area contributed by atoms with Gasteiger partial charge in [0.15, 0.2) is 11.6 Å². The van der Waals surface area contributed by atoms with Crippen LogP contribution in [0.4, 0.5) is 8.78 Å². The van der Waals surface area contributed by atoms with Gasteiger partial charge in [-0.05, 0) is 93.3 Å². The van der Waals surface area contributed by atoms with Gasteiger partial charge in [-0.1, -0.05) is 85.7 Å². The SMILES string of the molecule is C=C(C)C.C=C(C)C.C=CC.C=O.C=O.CC.COc1ccc(-c2ccc(/C=C/c3c(OC=O)cc(-c4ccc(OC=O)cc4)c(F)c3F)cc2)cc1. The predicted molar refractivity (Wildman–Crippen MR) is 215 cm³/mol. The Kier molecular flexibility index (Phi) is 30.6. The average molecular weight is 731 g/mol. The van der Waals surface area contributed by atoms with Crippen molar-refractivity contribution in [3.8, 4) is 39.5 Å². The fraction of sp³-hybridized carbons (Fsp3) is 0.182. The lowest BCUT2D eigenvalue weighted by atomic mass is 10.00. The maximum atomic E-state index is 15.1. The number of carbonyl (C=O) groups is 4. The minimum absolute atomic E-state index is 0.108. The van der Waals surface area contributed by atoms with Crippen molar-refractivity contribution in [1.29, 1.82) is 0 Å². The summed E-state index contributed by atoms with van der Waals surface area (Å²) in [5, 5.41) is 0. The van der Waals surface area contributed by atoms with E-state index >= 15 is 4.39 Å².